The van der Waals surface area contributed by atoms with Crippen molar-refractivity contribution in [2.45, 2.75) is 95.6 Å². The van der Waals surface area contributed by atoms with E-state index in [9.17, 15) is 18.0 Å². The van der Waals surface area contributed by atoms with E-state index in [4.69, 9.17) is 0 Å². The standard InChI is InChI=1S/C35H46F3NO/c1-3-4-5-6-7-8-9-10-11-12-13-14-18-27-34(29-33(40)39-2,31-21-16-15-17-22-31)28-19-20-30-23-25-32(26-24-30)35(36,37)38/h7-8,10-11,13-17,21-26H,3-6,9,12,18-20,27-29H2,1-2H3,(H,39,40)/b8-7-,11-10-,14-13-. The Kier molecular flexibility index (Phi) is 15.2. The van der Waals surface area contributed by atoms with Gasteiger partial charge in [-0.2, -0.15) is 13.2 Å². The highest BCUT2D eigenvalue weighted by molar-refractivity contribution is 5.77. The summed E-state index contributed by atoms with van der Waals surface area (Å²) in [6, 6.07) is 15.6. The van der Waals surface area contributed by atoms with E-state index >= 15 is 0 Å². The van der Waals surface area contributed by atoms with Gasteiger partial charge in [0.2, 0.25) is 5.91 Å². The summed E-state index contributed by atoms with van der Waals surface area (Å²) >= 11 is 0. The van der Waals surface area contributed by atoms with Crippen molar-refractivity contribution in [1.29, 1.82) is 0 Å². The first-order valence-electron chi connectivity index (χ1n) is 14.7. The third-order valence-electron chi connectivity index (χ3n) is 7.37. The van der Waals surface area contributed by atoms with Crippen LogP contribution in [0, 0.1) is 0 Å². The topological polar surface area (TPSA) is 29.1 Å². The summed E-state index contributed by atoms with van der Waals surface area (Å²) in [5.41, 5.74) is 1.02. The van der Waals surface area contributed by atoms with E-state index in [0.29, 0.717) is 12.8 Å². The number of unbranched alkanes of at least 4 members (excludes halogenated alkanes) is 3. The summed E-state index contributed by atoms with van der Waals surface area (Å²) in [7, 11) is 1.66. The molecule has 0 aliphatic rings. The zero-order chi connectivity index (χ0) is 29.1. The van der Waals surface area contributed by atoms with Gasteiger partial charge in [0.15, 0.2) is 0 Å². The van der Waals surface area contributed by atoms with Crippen LogP contribution in [0.25, 0.3) is 0 Å². The second-order valence-electron chi connectivity index (χ2n) is 10.5. The molecule has 0 aliphatic carbocycles. The number of hydrogen-bond donors (Lipinski definition) is 1. The van der Waals surface area contributed by atoms with E-state index in [0.717, 1.165) is 68.2 Å². The van der Waals surface area contributed by atoms with Crippen molar-refractivity contribution < 1.29 is 18.0 Å². The zero-order valence-electron chi connectivity index (χ0n) is 24.2. The molecule has 1 amide bonds. The fourth-order valence-corrected chi connectivity index (χ4v) is 5.02. The van der Waals surface area contributed by atoms with Crippen LogP contribution in [0.15, 0.2) is 91.1 Å². The van der Waals surface area contributed by atoms with E-state index in [-0.39, 0.29) is 11.3 Å². The van der Waals surface area contributed by atoms with Gasteiger partial charge >= 0.3 is 6.18 Å². The molecule has 1 atom stereocenters. The fraction of sp³-hybridized carbons (Fsp3) is 0.457. The number of aryl methyl sites for hydroxylation is 1. The lowest BCUT2D eigenvalue weighted by molar-refractivity contribution is -0.137. The van der Waals surface area contributed by atoms with E-state index in [1.54, 1.807) is 19.2 Å². The lowest BCUT2D eigenvalue weighted by Gasteiger charge is -2.34. The third kappa shape index (κ3) is 12.4. The van der Waals surface area contributed by atoms with Crippen LogP contribution in [0.5, 0.6) is 0 Å². The van der Waals surface area contributed by atoms with Crippen molar-refractivity contribution in [3.05, 3.63) is 108 Å². The number of carbonyl (C=O) groups excluding carboxylic acids is 1. The molecule has 0 spiro atoms. The fourth-order valence-electron chi connectivity index (χ4n) is 5.02. The maximum absolute atomic E-state index is 12.9. The smallest absolute Gasteiger partial charge is 0.359 e. The molecule has 0 aromatic heterocycles. The quantitative estimate of drug-likeness (QED) is 0.144. The predicted octanol–water partition coefficient (Wildman–Crippen LogP) is 9.91. The minimum atomic E-state index is -4.33. The predicted molar refractivity (Wildman–Crippen MR) is 161 cm³/mol. The maximum atomic E-state index is 12.9. The van der Waals surface area contributed by atoms with Crippen LogP contribution in [0.4, 0.5) is 13.2 Å². The summed E-state index contributed by atoms with van der Waals surface area (Å²) in [6.45, 7) is 2.22. The second kappa shape index (κ2) is 18.3. The molecule has 1 N–H and O–H groups in total. The van der Waals surface area contributed by atoms with Gasteiger partial charge in [0, 0.05) is 18.9 Å². The molecule has 0 fully saturated rings. The Bertz CT molecular complexity index is 1050. The Morgan fingerprint density at radius 2 is 1.38 bits per heavy atom. The molecule has 5 heteroatoms. The molecule has 2 aromatic rings. The molecule has 0 bridgehead atoms. The molecule has 0 radical (unpaired) electrons. The minimum Gasteiger partial charge on any atom is -0.359 e. The van der Waals surface area contributed by atoms with Crippen LogP contribution in [0.1, 0.15) is 94.2 Å². The number of alkyl halides is 3. The Labute approximate surface area is 239 Å². The molecule has 2 rings (SSSR count). The largest absolute Gasteiger partial charge is 0.416 e. The average Bonchev–Trinajstić information content (AvgIpc) is 2.95. The van der Waals surface area contributed by atoms with E-state index in [1.807, 2.05) is 18.2 Å². The zero-order valence-corrected chi connectivity index (χ0v) is 24.2. The molecule has 0 saturated heterocycles. The summed E-state index contributed by atoms with van der Waals surface area (Å²) in [5.74, 6) is -0.00644. The first-order chi connectivity index (χ1) is 19.3. The van der Waals surface area contributed by atoms with Crippen molar-refractivity contribution >= 4 is 5.91 Å². The normalized spacial score (nSPS) is 13.8. The molecule has 2 nitrogen and oxygen atoms in total. The lowest BCUT2D eigenvalue weighted by Crippen LogP contribution is -2.34. The molecule has 0 heterocycles. The first-order valence-corrected chi connectivity index (χ1v) is 14.7. The number of nitrogens with one attached hydrogen (secondary N) is 1. The van der Waals surface area contributed by atoms with E-state index in [1.165, 1.54) is 19.3 Å². The summed E-state index contributed by atoms with van der Waals surface area (Å²) < 4.78 is 38.8. The monoisotopic (exact) mass is 553 g/mol. The first kappa shape index (κ1) is 33.1. The highest BCUT2D eigenvalue weighted by Crippen LogP contribution is 2.39. The lowest BCUT2D eigenvalue weighted by atomic mass is 9.70. The minimum absolute atomic E-state index is 0.00644. The van der Waals surface area contributed by atoms with Gasteiger partial charge in [-0.25, -0.2) is 0 Å². The van der Waals surface area contributed by atoms with Crippen LogP contribution >= 0.6 is 0 Å². The van der Waals surface area contributed by atoms with Crippen LogP contribution in [-0.4, -0.2) is 13.0 Å². The maximum Gasteiger partial charge on any atom is 0.416 e. The van der Waals surface area contributed by atoms with Crippen LogP contribution < -0.4 is 5.32 Å². The van der Waals surface area contributed by atoms with Crippen molar-refractivity contribution in [3.8, 4) is 0 Å². The Hall–Kier alpha value is -3.08. The van der Waals surface area contributed by atoms with Gasteiger partial charge in [0.1, 0.15) is 0 Å². The van der Waals surface area contributed by atoms with Crippen molar-refractivity contribution in [1.82, 2.24) is 5.32 Å². The Morgan fingerprint density at radius 1 is 0.750 bits per heavy atom. The number of benzene rings is 2. The number of hydrogen-bond acceptors (Lipinski definition) is 1. The summed E-state index contributed by atoms with van der Waals surface area (Å²) in [5, 5.41) is 2.79. The second-order valence-corrected chi connectivity index (χ2v) is 10.5. The van der Waals surface area contributed by atoms with Gasteiger partial charge in [-0.15, -0.1) is 0 Å². The van der Waals surface area contributed by atoms with Crippen molar-refractivity contribution in [2.24, 2.45) is 0 Å². The van der Waals surface area contributed by atoms with Crippen molar-refractivity contribution in [3.63, 3.8) is 0 Å². The molecule has 0 saturated carbocycles. The van der Waals surface area contributed by atoms with Crippen LogP contribution in [0.3, 0.4) is 0 Å². The van der Waals surface area contributed by atoms with Crippen LogP contribution in [0.2, 0.25) is 0 Å². The SMILES string of the molecule is CCCCC/C=C\C/C=C\C/C=C\CCC(CCCc1ccc(C(F)(F)F)cc1)(CC(=O)NC)c1ccccc1. The average molecular weight is 554 g/mol. The van der Waals surface area contributed by atoms with E-state index < -0.39 is 11.7 Å². The summed E-state index contributed by atoms with van der Waals surface area (Å²) in [6.07, 6.45) is 20.0. The number of halogens is 3. The molecule has 218 valence electrons. The number of amides is 1. The molecular weight excluding hydrogens is 507 g/mol. The highest BCUT2D eigenvalue weighted by atomic mass is 19.4. The van der Waals surface area contributed by atoms with Gasteiger partial charge in [0.25, 0.3) is 0 Å². The molecular formula is C35H46F3NO. The van der Waals surface area contributed by atoms with Gasteiger partial charge in [-0.05, 0) is 81.0 Å². The molecule has 2 aromatic carbocycles. The number of carbonyl (C=O) groups is 1. The number of rotatable bonds is 18. The molecule has 40 heavy (non-hydrogen) atoms. The number of allylic oxidation sites excluding steroid dienone is 6. The van der Waals surface area contributed by atoms with Gasteiger partial charge in [-0.3, -0.25) is 4.79 Å². The molecule has 0 aliphatic heterocycles. The molecule has 1 unspecified atom stereocenters. The van der Waals surface area contributed by atoms with Crippen molar-refractivity contribution in [2.75, 3.05) is 7.05 Å². The van der Waals surface area contributed by atoms with Gasteiger partial charge in [0.05, 0.1) is 5.56 Å². The van der Waals surface area contributed by atoms with Gasteiger partial charge < -0.3 is 5.32 Å². The third-order valence-corrected chi connectivity index (χ3v) is 7.37. The summed E-state index contributed by atoms with van der Waals surface area (Å²) in [4.78, 5) is 12.6. The van der Waals surface area contributed by atoms with Gasteiger partial charge in [-0.1, -0.05) is 98.7 Å². The highest BCUT2D eigenvalue weighted by Gasteiger charge is 2.33. The Morgan fingerprint density at radius 3 is 1.98 bits per heavy atom. The van der Waals surface area contributed by atoms with E-state index in [2.05, 4.69) is 60.8 Å². The Balaban J connectivity index is 2.01. The van der Waals surface area contributed by atoms with Crippen LogP contribution in [-0.2, 0) is 22.8 Å².